The van der Waals surface area contributed by atoms with Gasteiger partial charge < -0.3 is 0 Å². The van der Waals surface area contributed by atoms with Crippen molar-refractivity contribution in [3.8, 4) is 5.69 Å². The van der Waals surface area contributed by atoms with Crippen LogP contribution in [0.5, 0.6) is 0 Å². The third-order valence-electron chi connectivity index (χ3n) is 3.51. The number of carbonyl (C=O) groups is 2. The van der Waals surface area contributed by atoms with Crippen molar-refractivity contribution in [2.24, 2.45) is 0 Å². The third kappa shape index (κ3) is 1.65. The second kappa shape index (κ2) is 4.59. The van der Waals surface area contributed by atoms with E-state index in [9.17, 15) is 9.59 Å². The first-order chi connectivity index (χ1) is 10.8. The molecule has 4 rings (SSSR count). The number of fused-ring (bicyclic) bond motifs is 1. The first-order valence-corrected chi connectivity index (χ1v) is 6.57. The highest BCUT2D eigenvalue weighted by Gasteiger charge is 2.37. The summed E-state index contributed by atoms with van der Waals surface area (Å²) >= 11 is 0. The van der Waals surface area contributed by atoms with Gasteiger partial charge in [-0.05, 0) is 34.7 Å². The maximum atomic E-state index is 12.6. The van der Waals surface area contributed by atoms with Gasteiger partial charge in [0.05, 0.1) is 22.5 Å². The zero-order valence-electron chi connectivity index (χ0n) is 11.2. The Bertz CT molecular complexity index is 853. The Hall–Kier alpha value is -3.35. The number of nitrogens with zero attached hydrogens (tertiary/aromatic N) is 5. The third-order valence-corrected chi connectivity index (χ3v) is 3.51. The molecule has 0 N–H and O–H groups in total. The Morgan fingerprint density at radius 2 is 1.36 bits per heavy atom. The maximum absolute atomic E-state index is 12.6. The Labute approximate surface area is 124 Å². The van der Waals surface area contributed by atoms with Gasteiger partial charge in [0.25, 0.3) is 11.8 Å². The van der Waals surface area contributed by atoms with Crippen LogP contribution in [-0.4, -0.2) is 32.0 Å². The predicted octanol–water partition coefficient (Wildman–Crippen LogP) is 1.46. The van der Waals surface area contributed by atoms with Crippen LogP contribution in [0.15, 0.2) is 54.9 Å². The van der Waals surface area contributed by atoms with Gasteiger partial charge in [-0.3, -0.25) is 9.59 Å². The highest BCUT2D eigenvalue weighted by Crippen LogP contribution is 2.31. The van der Waals surface area contributed by atoms with Gasteiger partial charge in [0.15, 0.2) is 0 Å². The fourth-order valence-corrected chi connectivity index (χ4v) is 2.53. The SMILES string of the molecule is O=C1c2ccccc2C(=O)N1c1ccccc1-n1cnnn1. The van der Waals surface area contributed by atoms with Crippen LogP contribution < -0.4 is 4.90 Å². The molecule has 1 aliphatic heterocycles. The predicted molar refractivity (Wildman–Crippen MR) is 76.7 cm³/mol. The summed E-state index contributed by atoms with van der Waals surface area (Å²) in [4.78, 5) is 26.3. The van der Waals surface area contributed by atoms with Gasteiger partial charge in [-0.15, -0.1) is 5.10 Å². The summed E-state index contributed by atoms with van der Waals surface area (Å²) in [7, 11) is 0. The van der Waals surface area contributed by atoms with E-state index >= 15 is 0 Å². The zero-order chi connectivity index (χ0) is 15.1. The van der Waals surface area contributed by atoms with Crippen LogP contribution >= 0.6 is 0 Å². The molecule has 0 unspecified atom stereocenters. The number of carbonyl (C=O) groups excluding carboxylic acids is 2. The molecule has 0 saturated heterocycles. The van der Waals surface area contributed by atoms with Gasteiger partial charge in [-0.2, -0.15) is 4.68 Å². The number of rotatable bonds is 2. The minimum atomic E-state index is -0.346. The number of hydrogen-bond donors (Lipinski definition) is 0. The van der Waals surface area contributed by atoms with Crippen LogP contribution in [0.25, 0.3) is 5.69 Å². The lowest BCUT2D eigenvalue weighted by molar-refractivity contribution is 0.0926. The summed E-state index contributed by atoms with van der Waals surface area (Å²) in [5, 5.41) is 11.0. The van der Waals surface area contributed by atoms with Crippen LogP contribution in [0.4, 0.5) is 5.69 Å². The van der Waals surface area contributed by atoms with E-state index in [2.05, 4.69) is 15.5 Å². The molecule has 7 heteroatoms. The highest BCUT2D eigenvalue weighted by molar-refractivity contribution is 6.34. The Morgan fingerprint density at radius 3 is 1.95 bits per heavy atom. The lowest BCUT2D eigenvalue weighted by Gasteiger charge is -2.17. The molecule has 0 atom stereocenters. The van der Waals surface area contributed by atoms with E-state index in [0.29, 0.717) is 22.5 Å². The van der Waals surface area contributed by atoms with Crippen LogP contribution in [0.1, 0.15) is 20.7 Å². The molecule has 0 aliphatic carbocycles. The van der Waals surface area contributed by atoms with Gasteiger partial charge in [0, 0.05) is 0 Å². The molecular formula is C15H9N5O2. The monoisotopic (exact) mass is 291 g/mol. The van der Waals surface area contributed by atoms with Gasteiger partial charge in [-0.1, -0.05) is 24.3 Å². The molecule has 2 heterocycles. The molecular weight excluding hydrogens is 282 g/mol. The average Bonchev–Trinajstić information content (AvgIpc) is 3.16. The molecule has 106 valence electrons. The first kappa shape index (κ1) is 12.4. The van der Waals surface area contributed by atoms with Crippen molar-refractivity contribution < 1.29 is 9.59 Å². The number of imide groups is 1. The summed E-state index contributed by atoms with van der Waals surface area (Å²) < 4.78 is 1.42. The zero-order valence-corrected chi connectivity index (χ0v) is 11.2. The number of amides is 2. The summed E-state index contributed by atoms with van der Waals surface area (Å²) in [6, 6.07) is 13.8. The van der Waals surface area contributed by atoms with E-state index in [-0.39, 0.29) is 11.8 Å². The standard InChI is InChI=1S/C15H9N5O2/c21-14-10-5-1-2-6-11(10)15(22)20(14)13-8-4-3-7-12(13)19-9-16-17-18-19/h1-9H. The topological polar surface area (TPSA) is 81.0 Å². The molecule has 2 aromatic carbocycles. The lowest BCUT2D eigenvalue weighted by Crippen LogP contribution is -2.30. The van der Waals surface area contributed by atoms with E-state index < -0.39 is 0 Å². The van der Waals surface area contributed by atoms with Crippen molar-refractivity contribution in [2.75, 3.05) is 4.90 Å². The number of benzene rings is 2. The lowest BCUT2D eigenvalue weighted by atomic mass is 10.1. The molecule has 3 aromatic rings. The summed E-state index contributed by atoms with van der Waals surface area (Å²) in [5.74, 6) is -0.692. The summed E-state index contributed by atoms with van der Waals surface area (Å²) in [6.45, 7) is 0. The minimum Gasteiger partial charge on any atom is -0.268 e. The van der Waals surface area contributed by atoms with Crippen molar-refractivity contribution >= 4 is 17.5 Å². The molecule has 1 aromatic heterocycles. The Morgan fingerprint density at radius 1 is 0.773 bits per heavy atom. The largest absolute Gasteiger partial charge is 0.268 e. The molecule has 22 heavy (non-hydrogen) atoms. The second-order valence-corrected chi connectivity index (χ2v) is 4.73. The molecule has 2 amide bonds. The van der Waals surface area contributed by atoms with Crippen LogP contribution in [0.2, 0.25) is 0 Å². The number of tetrazole rings is 1. The van der Waals surface area contributed by atoms with Crippen molar-refractivity contribution in [3.63, 3.8) is 0 Å². The molecule has 0 radical (unpaired) electrons. The van der Waals surface area contributed by atoms with E-state index in [1.165, 1.54) is 11.0 Å². The molecule has 7 nitrogen and oxygen atoms in total. The molecule has 1 aliphatic rings. The minimum absolute atomic E-state index is 0.346. The molecule has 0 fully saturated rings. The summed E-state index contributed by atoms with van der Waals surface area (Å²) in [6.07, 6.45) is 1.41. The van der Waals surface area contributed by atoms with Gasteiger partial charge >= 0.3 is 0 Å². The van der Waals surface area contributed by atoms with Crippen molar-refractivity contribution in [3.05, 3.63) is 66.0 Å². The normalized spacial score (nSPS) is 13.5. The van der Waals surface area contributed by atoms with Gasteiger partial charge in [0.1, 0.15) is 6.33 Å². The summed E-state index contributed by atoms with van der Waals surface area (Å²) in [5.41, 5.74) is 1.81. The highest BCUT2D eigenvalue weighted by atomic mass is 16.2. The van der Waals surface area contributed by atoms with Crippen molar-refractivity contribution in [2.45, 2.75) is 0 Å². The number of para-hydroxylation sites is 2. The fourth-order valence-electron chi connectivity index (χ4n) is 2.53. The Kier molecular flexibility index (Phi) is 2.59. The maximum Gasteiger partial charge on any atom is 0.266 e. The van der Waals surface area contributed by atoms with Crippen LogP contribution in [0.3, 0.4) is 0 Å². The fraction of sp³-hybridized carbons (Fsp3) is 0. The average molecular weight is 291 g/mol. The van der Waals surface area contributed by atoms with Gasteiger partial charge in [-0.25, -0.2) is 4.90 Å². The van der Waals surface area contributed by atoms with Crippen molar-refractivity contribution in [1.29, 1.82) is 0 Å². The number of hydrogen-bond acceptors (Lipinski definition) is 5. The number of anilines is 1. The number of aromatic nitrogens is 4. The van der Waals surface area contributed by atoms with Gasteiger partial charge in [0.2, 0.25) is 0 Å². The van der Waals surface area contributed by atoms with E-state index in [1.807, 2.05) is 0 Å². The molecule has 0 bridgehead atoms. The molecule has 0 spiro atoms. The Balaban J connectivity index is 1.89. The second-order valence-electron chi connectivity index (χ2n) is 4.73. The van der Waals surface area contributed by atoms with E-state index in [1.54, 1.807) is 48.5 Å². The smallest absolute Gasteiger partial charge is 0.266 e. The quantitative estimate of drug-likeness (QED) is 0.668. The van der Waals surface area contributed by atoms with Crippen molar-refractivity contribution in [1.82, 2.24) is 20.2 Å². The first-order valence-electron chi connectivity index (χ1n) is 6.57. The van der Waals surface area contributed by atoms with E-state index in [0.717, 1.165) is 4.90 Å². The van der Waals surface area contributed by atoms with Crippen LogP contribution in [0, 0.1) is 0 Å². The molecule has 0 saturated carbocycles. The van der Waals surface area contributed by atoms with Crippen LogP contribution in [-0.2, 0) is 0 Å². The van der Waals surface area contributed by atoms with E-state index in [4.69, 9.17) is 0 Å².